The largest absolute Gasteiger partial charge is 0.485 e. The van der Waals surface area contributed by atoms with Crippen LogP contribution in [0.2, 0.25) is 0 Å². The predicted octanol–water partition coefficient (Wildman–Crippen LogP) is 2.92. The number of hydrogen-bond acceptors (Lipinski definition) is 7. The number of aliphatic hydroxyl groups is 1. The second-order valence-electron chi connectivity index (χ2n) is 8.26. The predicted molar refractivity (Wildman–Crippen MR) is 116 cm³/mol. The van der Waals surface area contributed by atoms with Gasteiger partial charge in [0.1, 0.15) is 23.0 Å². The summed E-state index contributed by atoms with van der Waals surface area (Å²) in [5.74, 6) is 1.35. The summed E-state index contributed by atoms with van der Waals surface area (Å²) in [5.41, 5.74) is 0.304. The van der Waals surface area contributed by atoms with Crippen molar-refractivity contribution in [3.63, 3.8) is 0 Å². The van der Waals surface area contributed by atoms with E-state index in [0.29, 0.717) is 33.8 Å². The molecule has 2 atom stereocenters. The summed E-state index contributed by atoms with van der Waals surface area (Å²) in [7, 11) is 0. The molecule has 3 aromatic rings. The van der Waals surface area contributed by atoms with E-state index in [2.05, 4.69) is 5.32 Å². The maximum Gasteiger partial charge on any atom is 0.336 e. The zero-order valence-electron chi connectivity index (χ0n) is 17.5. The van der Waals surface area contributed by atoms with Crippen LogP contribution < -0.4 is 25.2 Å². The Kier molecular flexibility index (Phi) is 4.67. The van der Waals surface area contributed by atoms with Gasteiger partial charge in [0.2, 0.25) is 12.7 Å². The molecule has 8 nitrogen and oxygen atoms in total. The molecule has 0 fully saturated rings. The van der Waals surface area contributed by atoms with Crippen molar-refractivity contribution in [1.29, 1.82) is 0 Å². The summed E-state index contributed by atoms with van der Waals surface area (Å²) >= 11 is 0. The van der Waals surface area contributed by atoms with Gasteiger partial charge in [-0.1, -0.05) is 6.07 Å². The second kappa shape index (κ2) is 7.42. The van der Waals surface area contributed by atoms with E-state index in [-0.39, 0.29) is 12.7 Å². The fourth-order valence-electron chi connectivity index (χ4n) is 3.91. The minimum Gasteiger partial charge on any atom is -0.485 e. The average molecular weight is 435 g/mol. The zero-order valence-corrected chi connectivity index (χ0v) is 17.5. The van der Waals surface area contributed by atoms with E-state index in [4.69, 9.17) is 18.6 Å². The molecule has 0 spiro atoms. The highest BCUT2D eigenvalue weighted by atomic mass is 16.7. The van der Waals surface area contributed by atoms with Crippen molar-refractivity contribution in [3.8, 4) is 17.2 Å². The molecule has 8 heteroatoms. The first-order chi connectivity index (χ1) is 15.3. The highest BCUT2D eigenvalue weighted by Gasteiger charge is 2.43. The summed E-state index contributed by atoms with van der Waals surface area (Å²) < 4.78 is 21.8. The van der Waals surface area contributed by atoms with Crippen LogP contribution in [0.1, 0.15) is 31.0 Å². The Balaban J connectivity index is 1.44. The molecule has 0 radical (unpaired) electrons. The van der Waals surface area contributed by atoms with Gasteiger partial charge in [-0.3, -0.25) is 4.79 Å². The summed E-state index contributed by atoms with van der Waals surface area (Å²) in [6.07, 6.45) is 2.04. The monoisotopic (exact) mass is 435 g/mol. The highest BCUT2D eigenvalue weighted by Crippen LogP contribution is 2.41. The van der Waals surface area contributed by atoms with Gasteiger partial charge in [0.05, 0.1) is 6.04 Å². The minimum atomic E-state index is -1.01. The van der Waals surface area contributed by atoms with Gasteiger partial charge in [-0.2, -0.15) is 0 Å². The lowest BCUT2D eigenvalue weighted by Crippen LogP contribution is -2.53. The van der Waals surface area contributed by atoms with E-state index in [1.54, 1.807) is 50.3 Å². The number of aliphatic hydroxyl groups excluding tert-OH is 1. The van der Waals surface area contributed by atoms with Crippen molar-refractivity contribution < 1.29 is 28.5 Å². The number of carbonyl (C=O) groups excluding carboxylic acids is 1. The molecule has 1 aromatic heterocycles. The quantitative estimate of drug-likeness (QED) is 0.481. The van der Waals surface area contributed by atoms with Crippen molar-refractivity contribution in [2.24, 2.45) is 0 Å². The fraction of sp³-hybridized carbons (Fsp3) is 0.250. The molecule has 2 N–H and O–H groups in total. The van der Waals surface area contributed by atoms with Gasteiger partial charge in [0.15, 0.2) is 11.5 Å². The van der Waals surface area contributed by atoms with Crippen LogP contribution in [0.3, 0.4) is 0 Å². The number of benzene rings is 2. The van der Waals surface area contributed by atoms with Gasteiger partial charge < -0.3 is 29.1 Å². The molecule has 0 saturated carbocycles. The first kappa shape index (κ1) is 20.1. The molecule has 32 heavy (non-hydrogen) atoms. The maximum atomic E-state index is 12.7. The number of fused-ring (bicyclic) bond motifs is 3. The molecule has 164 valence electrons. The Bertz CT molecular complexity index is 1310. The highest BCUT2D eigenvalue weighted by molar-refractivity contribution is 5.92. The van der Waals surface area contributed by atoms with E-state index in [1.807, 2.05) is 6.07 Å². The van der Waals surface area contributed by atoms with E-state index in [0.717, 1.165) is 5.56 Å². The molecule has 0 saturated heterocycles. The lowest BCUT2D eigenvalue weighted by atomic mass is 9.86. The molecular formula is C24H21NO7. The van der Waals surface area contributed by atoms with Gasteiger partial charge in [-0.05, 0) is 49.8 Å². The Labute approximate surface area is 183 Å². The Morgan fingerprint density at radius 1 is 1.09 bits per heavy atom. The standard InChI is InChI=1S/C24H21NO7/c1-24(2)23(28)22(15-10-14-5-8-21(27)31-17(14)11-18(15)32-24)25-20(26)7-4-13-3-6-16-19(9-13)30-12-29-16/h3-11,22-23,28H,12H2,1-2H3,(H,25,26)/b7-4+/t22-,23+/m1/s1. The van der Waals surface area contributed by atoms with Crippen LogP contribution in [0.4, 0.5) is 0 Å². The second-order valence-corrected chi connectivity index (χ2v) is 8.26. The van der Waals surface area contributed by atoms with Crippen molar-refractivity contribution in [3.05, 3.63) is 70.1 Å². The third kappa shape index (κ3) is 3.58. The lowest BCUT2D eigenvalue weighted by molar-refractivity contribution is -0.121. The van der Waals surface area contributed by atoms with Crippen LogP contribution in [-0.4, -0.2) is 29.5 Å². The molecule has 2 aromatic carbocycles. The average Bonchev–Trinajstić information content (AvgIpc) is 3.22. The molecule has 1 amide bonds. The van der Waals surface area contributed by atoms with E-state index in [1.165, 1.54) is 12.1 Å². The molecule has 5 rings (SSSR count). The summed E-state index contributed by atoms with van der Waals surface area (Å²) in [6.45, 7) is 3.64. The molecule has 0 bridgehead atoms. The molecular weight excluding hydrogens is 414 g/mol. The Morgan fingerprint density at radius 3 is 2.75 bits per heavy atom. The normalized spacial score (nSPS) is 20.7. The molecule has 2 aliphatic heterocycles. The van der Waals surface area contributed by atoms with E-state index >= 15 is 0 Å². The van der Waals surface area contributed by atoms with Gasteiger partial charge in [-0.25, -0.2) is 4.79 Å². The number of ether oxygens (including phenoxy) is 3. The number of hydrogen-bond donors (Lipinski definition) is 2. The number of carbonyl (C=O) groups is 1. The summed E-state index contributed by atoms with van der Waals surface area (Å²) in [5, 5.41) is 14.5. The van der Waals surface area contributed by atoms with Crippen LogP contribution in [0.15, 0.2) is 57.8 Å². The van der Waals surface area contributed by atoms with Gasteiger partial charge >= 0.3 is 5.63 Å². The van der Waals surface area contributed by atoms with E-state index in [9.17, 15) is 14.7 Å². The Morgan fingerprint density at radius 2 is 1.91 bits per heavy atom. The van der Waals surface area contributed by atoms with Crippen molar-refractivity contribution in [2.45, 2.75) is 31.6 Å². The number of rotatable bonds is 3. The fourth-order valence-corrected chi connectivity index (χ4v) is 3.91. The molecule has 0 aliphatic carbocycles. The summed E-state index contributed by atoms with van der Waals surface area (Å²) in [6, 6.07) is 11.0. The SMILES string of the molecule is CC1(C)Oc2cc3oc(=O)ccc3cc2[C@@H](NC(=O)/C=C/c2ccc3c(c2)OCO3)[C@@H]1O. The van der Waals surface area contributed by atoms with Crippen molar-refractivity contribution >= 4 is 23.0 Å². The number of amides is 1. The number of nitrogens with one attached hydrogen (secondary N) is 1. The van der Waals surface area contributed by atoms with Gasteiger partial charge in [-0.15, -0.1) is 0 Å². The Hall–Kier alpha value is -3.78. The first-order valence-corrected chi connectivity index (χ1v) is 10.1. The van der Waals surface area contributed by atoms with Crippen LogP contribution in [0.5, 0.6) is 17.2 Å². The third-order valence-electron chi connectivity index (χ3n) is 5.61. The van der Waals surface area contributed by atoms with Gasteiger partial charge in [0, 0.05) is 29.2 Å². The lowest BCUT2D eigenvalue weighted by Gasteiger charge is -2.42. The summed E-state index contributed by atoms with van der Waals surface area (Å²) in [4.78, 5) is 24.3. The van der Waals surface area contributed by atoms with E-state index < -0.39 is 23.4 Å². The van der Waals surface area contributed by atoms with Crippen LogP contribution in [-0.2, 0) is 4.79 Å². The van der Waals surface area contributed by atoms with Gasteiger partial charge in [0.25, 0.3) is 0 Å². The molecule has 0 unspecified atom stereocenters. The maximum absolute atomic E-state index is 12.7. The third-order valence-corrected chi connectivity index (χ3v) is 5.61. The first-order valence-electron chi connectivity index (χ1n) is 10.1. The van der Waals surface area contributed by atoms with Crippen LogP contribution in [0, 0.1) is 0 Å². The topological polar surface area (TPSA) is 107 Å². The zero-order chi connectivity index (χ0) is 22.5. The van der Waals surface area contributed by atoms with Crippen LogP contribution in [0.25, 0.3) is 17.0 Å². The molecule has 3 heterocycles. The minimum absolute atomic E-state index is 0.178. The van der Waals surface area contributed by atoms with Crippen molar-refractivity contribution in [2.75, 3.05) is 6.79 Å². The smallest absolute Gasteiger partial charge is 0.336 e. The van der Waals surface area contributed by atoms with Crippen LogP contribution >= 0.6 is 0 Å². The molecule has 2 aliphatic rings. The van der Waals surface area contributed by atoms with Crippen molar-refractivity contribution in [1.82, 2.24) is 5.32 Å².